The Morgan fingerprint density at radius 1 is 1.00 bits per heavy atom. The summed E-state index contributed by atoms with van der Waals surface area (Å²) in [6.45, 7) is 5.61. The lowest BCUT2D eigenvalue weighted by Gasteiger charge is -2.39. The second-order valence-corrected chi connectivity index (χ2v) is 9.76. The van der Waals surface area contributed by atoms with Crippen LogP contribution >= 0.6 is 0 Å². The lowest BCUT2D eigenvalue weighted by atomic mass is 9.97. The van der Waals surface area contributed by atoms with Crippen LogP contribution in [-0.2, 0) is 19.1 Å². The van der Waals surface area contributed by atoms with Crippen LogP contribution in [0.5, 0.6) is 0 Å². The lowest BCUT2D eigenvalue weighted by Crippen LogP contribution is -2.53. The smallest absolute Gasteiger partial charge is 0.416 e. The Balaban J connectivity index is 1.62. The standard InChI is InChI=1S/C27H27F3N4O2/c1-26(2,3)34(25(35)36)24(12-18-4-8-23(9-5-18)27(28,29)30)17-33-16-22(15-32-33)19-6-7-21-14-31-11-10-20(21)13-19/h4-11,13-16,24H,12,17H2,1-3H3,(H,35,36). The van der Waals surface area contributed by atoms with Gasteiger partial charge < -0.3 is 5.11 Å². The maximum Gasteiger partial charge on any atom is 0.416 e. The molecule has 188 valence electrons. The highest BCUT2D eigenvalue weighted by Gasteiger charge is 2.34. The zero-order valence-electron chi connectivity index (χ0n) is 20.2. The van der Waals surface area contributed by atoms with E-state index in [2.05, 4.69) is 10.1 Å². The monoisotopic (exact) mass is 496 g/mol. The summed E-state index contributed by atoms with van der Waals surface area (Å²) in [5, 5.41) is 16.5. The van der Waals surface area contributed by atoms with Crippen molar-refractivity contribution in [1.82, 2.24) is 19.7 Å². The number of amides is 1. The van der Waals surface area contributed by atoms with Crippen molar-refractivity contribution in [2.45, 2.75) is 51.5 Å². The number of rotatable bonds is 6. The van der Waals surface area contributed by atoms with E-state index in [1.165, 1.54) is 17.0 Å². The average Bonchev–Trinajstić information content (AvgIpc) is 3.26. The topological polar surface area (TPSA) is 71.2 Å². The number of halogens is 3. The Labute approximate surface area is 207 Å². The zero-order valence-corrected chi connectivity index (χ0v) is 20.2. The molecule has 0 aliphatic rings. The van der Waals surface area contributed by atoms with E-state index in [-0.39, 0.29) is 13.0 Å². The Morgan fingerprint density at radius 3 is 2.36 bits per heavy atom. The molecule has 6 nitrogen and oxygen atoms in total. The van der Waals surface area contributed by atoms with Gasteiger partial charge in [-0.3, -0.25) is 14.6 Å². The van der Waals surface area contributed by atoms with Gasteiger partial charge in [0.25, 0.3) is 0 Å². The van der Waals surface area contributed by atoms with Crippen LogP contribution in [0.2, 0.25) is 0 Å². The summed E-state index contributed by atoms with van der Waals surface area (Å²) in [6, 6.07) is 12.2. The molecule has 4 aromatic rings. The summed E-state index contributed by atoms with van der Waals surface area (Å²) >= 11 is 0. The van der Waals surface area contributed by atoms with E-state index in [1.807, 2.05) is 30.5 Å². The Kier molecular flexibility index (Phi) is 6.75. The van der Waals surface area contributed by atoms with Crippen molar-refractivity contribution in [2.24, 2.45) is 0 Å². The molecule has 1 amide bonds. The maximum absolute atomic E-state index is 13.0. The van der Waals surface area contributed by atoms with E-state index in [1.54, 1.807) is 44.0 Å². The molecule has 2 aromatic carbocycles. The van der Waals surface area contributed by atoms with Crippen molar-refractivity contribution in [3.05, 3.63) is 84.4 Å². The van der Waals surface area contributed by atoms with Crippen molar-refractivity contribution in [2.75, 3.05) is 0 Å². The van der Waals surface area contributed by atoms with Gasteiger partial charge in [-0.1, -0.05) is 24.3 Å². The first-order valence-corrected chi connectivity index (χ1v) is 11.5. The SMILES string of the molecule is CC(C)(C)N(C(=O)O)C(Cc1ccc(C(F)(F)F)cc1)Cn1cc(-c2ccc3cnccc3c2)cn1. The Hall–Kier alpha value is -3.88. The third-order valence-corrected chi connectivity index (χ3v) is 6.05. The van der Waals surface area contributed by atoms with Crippen molar-refractivity contribution in [3.8, 4) is 11.1 Å². The minimum absolute atomic E-state index is 0.236. The summed E-state index contributed by atoms with van der Waals surface area (Å²) in [5.41, 5.74) is 0.977. The predicted octanol–water partition coefficient (Wildman–Crippen LogP) is 6.51. The van der Waals surface area contributed by atoms with E-state index in [0.29, 0.717) is 5.56 Å². The van der Waals surface area contributed by atoms with Crippen LogP contribution in [0.1, 0.15) is 31.9 Å². The van der Waals surface area contributed by atoms with Gasteiger partial charge in [0.1, 0.15) is 0 Å². The van der Waals surface area contributed by atoms with E-state index >= 15 is 0 Å². The normalized spacial score (nSPS) is 13.1. The van der Waals surface area contributed by atoms with E-state index in [4.69, 9.17) is 0 Å². The number of hydrogen-bond donors (Lipinski definition) is 1. The number of carboxylic acid groups (broad SMARTS) is 1. The predicted molar refractivity (Wildman–Crippen MR) is 132 cm³/mol. The number of nitrogens with zero attached hydrogens (tertiary/aromatic N) is 4. The van der Waals surface area contributed by atoms with Crippen molar-refractivity contribution < 1.29 is 23.1 Å². The second-order valence-electron chi connectivity index (χ2n) is 9.76. The molecule has 0 bridgehead atoms. The van der Waals surface area contributed by atoms with Gasteiger partial charge in [-0.2, -0.15) is 18.3 Å². The third kappa shape index (κ3) is 5.67. The first-order valence-electron chi connectivity index (χ1n) is 11.5. The summed E-state index contributed by atoms with van der Waals surface area (Å²) < 4.78 is 40.6. The fourth-order valence-corrected chi connectivity index (χ4v) is 4.42. The van der Waals surface area contributed by atoms with Crippen LogP contribution < -0.4 is 0 Å². The quantitative estimate of drug-likeness (QED) is 0.331. The first-order chi connectivity index (χ1) is 16.9. The highest BCUT2D eigenvalue weighted by atomic mass is 19.4. The number of hydrogen-bond acceptors (Lipinski definition) is 3. The zero-order chi connectivity index (χ0) is 26.1. The van der Waals surface area contributed by atoms with Gasteiger partial charge in [0.05, 0.1) is 24.3 Å². The first kappa shape index (κ1) is 25.2. The molecule has 2 aromatic heterocycles. The van der Waals surface area contributed by atoms with Crippen molar-refractivity contribution in [3.63, 3.8) is 0 Å². The van der Waals surface area contributed by atoms with Gasteiger partial charge in [0.2, 0.25) is 0 Å². The molecule has 0 spiro atoms. The molecule has 1 N–H and O–H groups in total. The van der Waals surface area contributed by atoms with Gasteiger partial charge in [-0.05, 0) is 68.0 Å². The minimum atomic E-state index is -4.43. The summed E-state index contributed by atoms with van der Waals surface area (Å²) in [4.78, 5) is 17.7. The van der Waals surface area contributed by atoms with Crippen LogP contribution in [0.15, 0.2) is 73.3 Å². The van der Waals surface area contributed by atoms with Gasteiger partial charge in [0.15, 0.2) is 0 Å². The van der Waals surface area contributed by atoms with Crippen LogP contribution in [-0.4, -0.2) is 42.4 Å². The highest BCUT2D eigenvalue weighted by molar-refractivity contribution is 5.86. The molecule has 0 fully saturated rings. The van der Waals surface area contributed by atoms with Crippen LogP contribution in [0.3, 0.4) is 0 Å². The van der Waals surface area contributed by atoms with E-state index in [9.17, 15) is 23.1 Å². The fourth-order valence-electron chi connectivity index (χ4n) is 4.42. The summed E-state index contributed by atoms with van der Waals surface area (Å²) in [5.74, 6) is 0. The van der Waals surface area contributed by atoms with Crippen LogP contribution in [0, 0.1) is 0 Å². The molecule has 1 atom stereocenters. The van der Waals surface area contributed by atoms with Crippen molar-refractivity contribution in [1.29, 1.82) is 0 Å². The molecule has 0 saturated heterocycles. The molecule has 9 heteroatoms. The molecule has 4 rings (SSSR count). The molecule has 0 aliphatic heterocycles. The Bertz CT molecular complexity index is 1360. The van der Waals surface area contributed by atoms with Gasteiger partial charge >= 0.3 is 12.3 Å². The van der Waals surface area contributed by atoms with Gasteiger partial charge in [-0.15, -0.1) is 0 Å². The molecule has 0 radical (unpaired) electrons. The van der Waals surface area contributed by atoms with Crippen LogP contribution in [0.25, 0.3) is 21.9 Å². The van der Waals surface area contributed by atoms with Gasteiger partial charge in [-0.25, -0.2) is 4.79 Å². The molecular weight excluding hydrogens is 469 g/mol. The number of benzene rings is 2. The minimum Gasteiger partial charge on any atom is -0.465 e. The van der Waals surface area contributed by atoms with E-state index in [0.717, 1.165) is 34.0 Å². The molecule has 0 saturated carbocycles. The summed E-state index contributed by atoms with van der Waals surface area (Å²) in [6.07, 6.45) is 1.80. The van der Waals surface area contributed by atoms with Crippen LogP contribution in [0.4, 0.5) is 18.0 Å². The van der Waals surface area contributed by atoms with E-state index < -0.39 is 29.4 Å². The average molecular weight is 497 g/mol. The van der Waals surface area contributed by atoms with Gasteiger partial charge in [0, 0.05) is 35.1 Å². The highest BCUT2D eigenvalue weighted by Crippen LogP contribution is 2.30. The Morgan fingerprint density at radius 2 is 1.72 bits per heavy atom. The molecular formula is C27H27F3N4O2. The summed E-state index contributed by atoms with van der Waals surface area (Å²) in [7, 11) is 0. The molecule has 36 heavy (non-hydrogen) atoms. The number of alkyl halides is 3. The fraction of sp³-hybridized carbons (Fsp3) is 0.296. The second kappa shape index (κ2) is 9.64. The molecule has 1 unspecified atom stereocenters. The molecule has 2 heterocycles. The van der Waals surface area contributed by atoms with Crippen molar-refractivity contribution >= 4 is 16.9 Å². The molecule has 0 aliphatic carbocycles. The maximum atomic E-state index is 13.0. The number of aromatic nitrogens is 3. The number of pyridine rings is 1. The number of carbonyl (C=O) groups is 1. The number of fused-ring (bicyclic) bond motifs is 1. The third-order valence-electron chi connectivity index (χ3n) is 6.05. The lowest BCUT2D eigenvalue weighted by molar-refractivity contribution is -0.137. The largest absolute Gasteiger partial charge is 0.465 e.